The molecule has 7 heteroatoms. The van der Waals surface area contributed by atoms with Crippen LogP contribution in [0.2, 0.25) is 5.02 Å². The average molecular weight is 382 g/mol. The van der Waals surface area contributed by atoms with Crippen LogP contribution in [-0.4, -0.2) is 15.9 Å². The van der Waals surface area contributed by atoms with Crippen LogP contribution in [0.4, 0.5) is 10.1 Å². The van der Waals surface area contributed by atoms with Crippen molar-refractivity contribution in [2.24, 2.45) is 0 Å². The summed E-state index contributed by atoms with van der Waals surface area (Å²) in [6.45, 7) is 1.77. The minimum Gasteiger partial charge on any atom is -0.441 e. The van der Waals surface area contributed by atoms with Gasteiger partial charge in [0.2, 0.25) is 0 Å². The lowest BCUT2D eigenvalue weighted by atomic mass is 10.0. The molecule has 27 heavy (non-hydrogen) atoms. The summed E-state index contributed by atoms with van der Waals surface area (Å²) < 4.78 is 19.2. The van der Waals surface area contributed by atoms with E-state index in [0.29, 0.717) is 27.7 Å². The van der Waals surface area contributed by atoms with Gasteiger partial charge in [-0.2, -0.15) is 0 Å². The smallest absolute Gasteiger partial charge is 0.258 e. The van der Waals surface area contributed by atoms with Crippen molar-refractivity contribution in [2.75, 3.05) is 5.32 Å². The monoisotopic (exact) mass is 381 g/mol. The van der Waals surface area contributed by atoms with E-state index < -0.39 is 11.7 Å². The molecule has 4 aromatic rings. The predicted molar refractivity (Wildman–Crippen MR) is 101 cm³/mol. The molecule has 0 aliphatic carbocycles. The van der Waals surface area contributed by atoms with Crippen LogP contribution in [0.25, 0.3) is 22.2 Å². The molecule has 1 N–H and O–H groups in total. The molecule has 2 aromatic carbocycles. The normalized spacial score (nSPS) is 10.9. The highest BCUT2D eigenvalue weighted by atomic mass is 35.5. The zero-order chi connectivity index (χ0) is 19.0. The van der Waals surface area contributed by atoms with E-state index in [9.17, 15) is 9.18 Å². The van der Waals surface area contributed by atoms with Crippen LogP contribution in [-0.2, 0) is 0 Å². The lowest BCUT2D eigenvalue weighted by Crippen LogP contribution is -2.13. The van der Waals surface area contributed by atoms with Crippen molar-refractivity contribution in [1.82, 2.24) is 9.97 Å². The van der Waals surface area contributed by atoms with Crippen molar-refractivity contribution in [3.63, 3.8) is 0 Å². The lowest BCUT2D eigenvalue weighted by Gasteiger charge is -2.08. The molecule has 0 aliphatic heterocycles. The fourth-order valence-electron chi connectivity index (χ4n) is 2.78. The third-order valence-corrected chi connectivity index (χ3v) is 4.37. The minimum absolute atomic E-state index is 0.0664. The second-order valence-corrected chi connectivity index (χ2v) is 6.33. The Bertz CT molecular complexity index is 1160. The Hall–Kier alpha value is -3.25. The van der Waals surface area contributed by atoms with Gasteiger partial charge in [0.1, 0.15) is 5.52 Å². The van der Waals surface area contributed by atoms with Crippen LogP contribution < -0.4 is 5.32 Å². The fourth-order valence-corrected chi connectivity index (χ4v) is 3.04. The minimum atomic E-state index is -0.672. The summed E-state index contributed by atoms with van der Waals surface area (Å²) in [7, 11) is 0. The molecule has 0 bridgehead atoms. The van der Waals surface area contributed by atoms with Crippen molar-refractivity contribution in [3.05, 3.63) is 77.2 Å². The summed E-state index contributed by atoms with van der Waals surface area (Å²) in [6.07, 6.45) is 2.37. The van der Waals surface area contributed by atoms with Gasteiger partial charge in [0, 0.05) is 24.4 Å². The number of fused-ring (bicyclic) bond motifs is 1. The van der Waals surface area contributed by atoms with Crippen LogP contribution in [0.1, 0.15) is 16.2 Å². The molecule has 0 saturated heterocycles. The molecule has 4 rings (SSSR count). The van der Waals surface area contributed by atoms with Crippen LogP contribution >= 0.6 is 11.6 Å². The number of carbonyl (C=O) groups is 1. The molecule has 0 radical (unpaired) electrons. The van der Waals surface area contributed by atoms with Gasteiger partial charge >= 0.3 is 0 Å². The van der Waals surface area contributed by atoms with Gasteiger partial charge in [0.15, 0.2) is 17.3 Å². The summed E-state index contributed by atoms with van der Waals surface area (Å²) in [5.41, 5.74) is 3.46. The van der Waals surface area contributed by atoms with Gasteiger partial charge in [-0.05, 0) is 35.9 Å². The van der Waals surface area contributed by atoms with Gasteiger partial charge in [-0.1, -0.05) is 23.7 Å². The van der Waals surface area contributed by atoms with Crippen LogP contribution in [0.3, 0.4) is 0 Å². The molecule has 0 aliphatic rings. The van der Waals surface area contributed by atoms with E-state index in [4.69, 9.17) is 16.0 Å². The number of pyridine rings is 1. The first-order chi connectivity index (χ1) is 13.0. The first kappa shape index (κ1) is 17.2. The van der Waals surface area contributed by atoms with Crippen LogP contribution in [0, 0.1) is 12.7 Å². The number of oxazole rings is 1. The zero-order valence-corrected chi connectivity index (χ0v) is 14.9. The quantitative estimate of drug-likeness (QED) is 0.526. The van der Waals surface area contributed by atoms with E-state index >= 15 is 0 Å². The Labute approximate surface area is 158 Å². The highest BCUT2D eigenvalue weighted by Gasteiger charge is 2.13. The third kappa shape index (κ3) is 3.39. The molecule has 0 fully saturated rings. The molecule has 0 saturated carbocycles. The van der Waals surface area contributed by atoms with Crippen LogP contribution in [0.15, 0.2) is 59.3 Å². The van der Waals surface area contributed by atoms with Crippen LogP contribution in [0.5, 0.6) is 0 Å². The highest BCUT2D eigenvalue weighted by Crippen LogP contribution is 2.33. The van der Waals surface area contributed by atoms with Gasteiger partial charge in [-0.3, -0.25) is 9.78 Å². The average Bonchev–Trinajstić information content (AvgIpc) is 3.01. The zero-order valence-electron chi connectivity index (χ0n) is 14.2. The number of carbonyl (C=O) groups excluding carboxylic acids is 1. The topological polar surface area (TPSA) is 68.0 Å². The van der Waals surface area contributed by atoms with E-state index in [0.717, 1.165) is 17.3 Å². The molecule has 1 amide bonds. The van der Waals surface area contributed by atoms with Gasteiger partial charge in [-0.15, -0.1) is 0 Å². The van der Waals surface area contributed by atoms with E-state index in [-0.39, 0.29) is 5.56 Å². The number of aromatic nitrogens is 2. The molecular formula is C20H13ClFN3O2. The van der Waals surface area contributed by atoms with Crippen molar-refractivity contribution >= 4 is 34.3 Å². The van der Waals surface area contributed by atoms with Crippen molar-refractivity contribution in [1.29, 1.82) is 0 Å². The third-order valence-electron chi connectivity index (χ3n) is 4.06. The van der Waals surface area contributed by atoms with E-state index in [1.807, 2.05) is 18.2 Å². The summed E-state index contributed by atoms with van der Waals surface area (Å²) in [5.74, 6) is -0.645. The first-order valence-corrected chi connectivity index (χ1v) is 8.47. The summed E-state index contributed by atoms with van der Waals surface area (Å²) >= 11 is 6.37. The van der Waals surface area contributed by atoms with E-state index in [1.54, 1.807) is 25.1 Å². The maximum absolute atomic E-state index is 13.7. The van der Waals surface area contributed by atoms with Gasteiger partial charge in [0.05, 0.1) is 16.8 Å². The first-order valence-electron chi connectivity index (χ1n) is 8.09. The molecule has 0 unspecified atom stereocenters. The van der Waals surface area contributed by atoms with Crippen molar-refractivity contribution in [3.8, 4) is 11.1 Å². The molecule has 2 aromatic heterocycles. The lowest BCUT2D eigenvalue weighted by molar-refractivity contribution is 0.102. The molecule has 2 heterocycles. The predicted octanol–water partition coefficient (Wildman–Crippen LogP) is 5.24. The van der Waals surface area contributed by atoms with Gasteiger partial charge in [-0.25, -0.2) is 9.37 Å². The Morgan fingerprint density at radius 1 is 1.19 bits per heavy atom. The second kappa shape index (κ2) is 6.81. The number of rotatable bonds is 3. The SMILES string of the molecule is Cc1nc2cc(Cl)c(-c3ccc(NC(=O)c4ccncc4F)cc3)cc2o1. The molecule has 134 valence electrons. The standard InChI is InChI=1S/C20H13ClFN3O2/c1-11-24-18-9-16(21)15(8-19(18)27-11)12-2-4-13(5-3-12)25-20(26)14-6-7-23-10-17(14)22/h2-10H,1H3,(H,25,26). The summed E-state index contributed by atoms with van der Waals surface area (Å²) in [6, 6.07) is 12.0. The van der Waals surface area contributed by atoms with Crippen molar-refractivity contribution < 1.29 is 13.6 Å². The maximum Gasteiger partial charge on any atom is 0.258 e. The van der Waals surface area contributed by atoms with E-state index in [1.165, 1.54) is 12.3 Å². The number of anilines is 1. The summed E-state index contributed by atoms with van der Waals surface area (Å²) in [5, 5.41) is 3.20. The van der Waals surface area contributed by atoms with Gasteiger partial charge < -0.3 is 9.73 Å². The number of aryl methyl sites for hydroxylation is 1. The highest BCUT2D eigenvalue weighted by molar-refractivity contribution is 6.34. The van der Waals surface area contributed by atoms with Crippen molar-refractivity contribution in [2.45, 2.75) is 6.92 Å². The largest absolute Gasteiger partial charge is 0.441 e. The number of benzene rings is 2. The molecule has 0 atom stereocenters. The van der Waals surface area contributed by atoms with Gasteiger partial charge in [0.25, 0.3) is 5.91 Å². The Morgan fingerprint density at radius 2 is 1.96 bits per heavy atom. The molecule has 0 spiro atoms. The fraction of sp³-hybridized carbons (Fsp3) is 0.0500. The second-order valence-electron chi connectivity index (χ2n) is 5.92. The Morgan fingerprint density at radius 3 is 2.70 bits per heavy atom. The number of amides is 1. The Balaban J connectivity index is 1.60. The van der Waals surface area contributed by atoms with E-state index in [2.05, 4.69) is 15.3 Å². The maximum atomic E-state index is 13.7. The molecule has 5 nitrogen and oxygen atoms in total. The number of hydrogen-bond donors (Lipinski definition) is 1. The number of nitrogens with zero attached hydrogens (tertiary/aromatic N) is 2. The summed E-state index contributed by atoms with van der Waals surface area (Å²) in [4.78, 5) is 20.1. The number of hydrogen-bond acceptors (Lipinski definition) is 4. The Kier molecular flexibility index (Phi) is 4.33. The molecular weight excluding hydrogens is 369 g/mol. The number of halogens is 2. The number of nitrogens with one attached hydrogen (secondary N) is 1.